The highest BCUT2D eigenvalue weighted by Gasteiger charge is 2.32. The first kappa shape index (κ1) is 21.0. The number of halogens is 1. The van der Waals surface area contributed by atoms with Crippen LogP contribution in [-0.2, 0) is 13.5 Å². The molecular formula is C26H24FN5O. The summed E-state index contributed by atoms with van der Waals surface area (Å²) in [4.78, 5) is 28.6. The van der Waals surface area contributed by atoms with Crippen LogP contribution in [0.4, 0.5) is 4.39 Å². The molecule has 0 N–H and O–H groups in total. The van der Waals surface area contributed by atoms with Crippen LogP contribution in [0, 0.1) is 5.82 Å². The summed E-state index contributed by atoms with van der Waals surface area (Å²) >= 11 is 0. The number of benzene rings is 1. The Bertz CT molecular complexity index is 1280. The zero-order valence-corrected chi connectivity index (χ0v) is 18.4. The molecule has 0 aliphatic carbocycles. The molecule has 0 radical (unpaired) electrons. The number of hydrogen-bond acceptors (Lipinski definition) is 4. The molecule has 1 aromatic carbocycles. The molecule has 0 spiro atoms. The fourth-order valence-corrected chi connectivity index (χ4v) is 4.36. The average Bonchev–Trinajstić information content (AvgIpc) is 3.50. The number of amides is 1. The van der Waals surface area contributed by atoms with E-state index in [1.807, 2.05) is 34.7 Å². The van der Waals surface area contributed by atoms with Gasteiger partial charge in [-0.3, -0.25) is 9.78 Å². The number of pyridine rings is 2. The number of rotatable bonds is 5. The van der Waals surface area contributed by atoms with Crippen LogP contribution in [-0.4, -0.2) is 36.9 Å². The van der Waals surface area contributed by atoms with Gasteiger partial charge in [-0.15, -0.1) is 0 Å². The number of imidazole rings is 1. The minimum atomic E-state index is -0.250. The number of aryl methyl sites for hydroxylation is 1. The van der Waals surface area contributed by atoms with Crippen molar-refractivity contribution in [2.75, 3.05) is 6.54 Å². The van der Waals surface area contributed by atoms with Gasteiger partial charge in [0, 0.05) is 31.9 Å². The lowest BCUT2D eigenvalue weighted by Crippen LogP contribution is -2.31. The summed E-state index contributed by atoms with van der Waals surface area (Å²) in [5, 5.41) is 0. The van der Waals surface area contributed by atoms with E-state index in [0.29, 0.717) is 24.1 Å². The molecule has 0 bridgehead atoms. The Kier molecular flexibility index (Phi) is 5.69. The second kappa shape index (κ2) is 8.94. The molecule has 33 heavy (non-hydrogen) atoms. The first-order chi connectivity index (χ1) is 16.1. The summed E-state index contributed by atoms with van der Waals surface area (Å²) in [6.45, 7) is 0.679. The van der Waals surface area contributed by atoms with Gasteiger partial charge in [-0.2, -0.15) is 0 Å². The van der Waals surface area contributed by atoms with E-state index in [1.54, 1.807) is 49.1 Å². The summed E-state index contributed by atoms with van der Waals surface area (Å²) in [5.74, 6) is -0.310. The lowest BCUT2D eigenvalue weighted by molar-refractivity contribution is 0.0732. The standard InChI is InChI=1S/C26H24FN5O/c1-31-17-28-16-25(31)23-9-4-8-22(30-23)24-10-5-13-32(24)26(33)19-11-12-20(29-15-19)14-18-6-2-3-7-21(18)27/h2-4,6-9,11-12,15-17,24H,5,10,13-14H2,1H3. The van der Waals surface area contributed by atoms with E-state index in [-0.39, 0.29) is 17.8 Å². The van der Waals surface area contributed by atoms with Crippen molar-refractivity contribution in [3.8, 4) is 11.4 Å². The van der Waals surface area contributed by atoms with Crippen molar-refractivity contribution in [1.82, 2.24) is 24.4 Å². The number of nitrogens with zero attached hydrogens (tertiary/aromatic N) is 5. The molecule has 5 rings (SSSR count). The van der Waals surface area contributed by atoms with Crippen LogP contribution >= 0.6 is 0 Å². The van der Waals surface area contributed by atoms with Crippen LogP contribution < -0.4 is 0 Å². The molecule has 1 amide bonds. The zero-order chi connectivity index (χ0) is 22.8. The first-order valence-corrected chi connectivity index (χ1v) is 11.0. The molecule has 4 aromatic rings. The van der Waals surface area contributed by atoms with Crippen molar-refractivity contribution in [1.29, 1.82) is 0 Å². The monoisotopic (exact) mass is 441 g/mol. The van der Waals surface area contributed by atoms with E-state index in [2.05, 4.69) is 9.97 Å². The number of hydrogen-bond donors (Lipinski definition) is 0. The topological polar surface area (TPSA) is 63.9 Å². The van der Waals surface area contributed by atoms with Crippen LogP contribution in [0.3, 0.4) is 0 Å². The highest BCUT2D eigenvalue weighted by Crippen LogP contribution is 2.33. The van der Waals surface area contributed by atoms with Gasteiger partial charge in [0.1, 0.15) is 5.82 Å². The Morgan fingerprint density at radius 1 is 1.09 bits per heavy atom. The summed E-state index contributed by atoms with van der Waals surface area (Å²) in [5.41, 5.74) is 4.49. The van der Waals surface area contributed by atoms with E-state index in [9.17, 15) is 9.18 Å². The molecule has 1 saturated heterocycles. The third-order valence-electron chi connectivity index (χ3n) is 6.11. The highest BCUT2D eigenvalue weighted by atomic mass is 19.1. The molecule has 0 saturated carbocycles. The Hall–Kier alpha value is -3.87. The quantitative estimate of drug-likeness (QED) is 0.455. The van der Waals surface area contributed by atoms with Crippen molar-refractivity contribution >= 4 is 5.91 Å². The van der Waals surface area contributed by atoms with Gasteiger partial charge < -0.3 is 9.47 Å². The molecule has 1 aliphatic heterocycles. The van der Waals surface area contributed by atoms with Gasteiger partial charge in [0.2, 0.25) is 0 Å². The Balaban J connectivity index is 1.34. The second-order valence-corrected chi connectivity index (χ2v) is 8.30. The van der Waals surface area contributed by atoms with Gasteiger partial charge in [0.15, 0.2) is 0 Å². The Morgan fingerprint density at radius 3 is 2.73 bits per heavy atom. The van der Waals surface area contributed by atoms with Gasteiger partial charge >= 0.3 is 0 Å². The van der Waals surface area contributed by atoms with Crippen molar-refractivity contribution in [2.45, 2.75) is 25.3 Å². The molecule has 3 aromatic heterocycles. The van der Waals surface area contributed by atoms with E-state index < -0.39 is 0 Å². The molecule has 1 unspecified atom stereocenters. The van der Waals surface area contributed by atoms with Crippen LogP contribution in [0.15, 0.2) is 73.3 Å². The minimum absolute atomic E-state index is 0.0600. The molecular weight excluding hydrogens is 417 g/mol. The van der Waals surface area contributed by atoms with Gasteiger partial charge in [-0.05, 0) is 48.7 Å². The SMILES string of the molecule is Cn1cncc1-c1cccc(C2CCCN2C(=O)c2ccc(Cc3ccccc3F)nc2)n1. The molecule has 1 atom stereocenters. The second-order valence-electron chi connectivity index (χ2n) is 8.30. The van der Waals surface area contributed by atoms with Gasteiger partial charge in [0.25, 0.3) is 5.91 Å². The van der Waals surface area contributed by atoms with Gasteiger partial charge in [0.05, 0.1) is 41.2 Å². The normalized spacial score (nSPS) is 15.7. The van der Waals surface area contributed by atoms with Gasteiger partial charge in [-0.25, -0.2) is 14.4 Å². The zero-order valence-electron chi connectivity index (χ0n) is 18.4. The predicted octanol–water partition coefficient (Wildman–Crippen LogP) is 4.58. The number of carbonyl (C=O) groups is 1. The van der Waals surface area contributed by atoms with Crippen molar-refractivity contribution < 1.29 is 9.18 Å². The van der Waals surface area contributed by atoms with Gasteiger partial charge in [-0.1, -0.05) is 24.3 Å². The van der Waals surface area contributed by atoms with E-state index >= 15 is 0 Å². The van der Waals surface area contributed by atoms with Crippen molar-refractivity contribution in [2.24, 2.45) is 7.05 Å². The van der Waals surface area contributed by atoms with Crippen molar-refractivity contribution in [3.63, 3.8) is 0 Å². The Morgan fingerprint density at radius 2 is 1.97 bits per heavy atom. The molecule has 1 fully saturated rings. The Labute approximate surface area is 191 Å². The summed E-state index contributed by atoms with van der Waals surface area (Å²) in [7, 11) is 1.94. The van der Waals surface area contributed by atoms with Crippen LogP contribution in [0.5, 0.6) is 0 Å². The first-order valence-electron chi connectivity index (χ1n) is 11.0. The maximum absolute atomic E-state index is 13.9. The lowest BCUT2D eigenvalue weighted by Gasteiger charge is -2.24. The third kappa shape index (κ3) is 4.26. The largest absolute Gasteiger partial charge is 0.332 e. The molecule has 4 heterocycles. The number of aromatic nitrogens is 4. The molecule has 166 valence electrons. The van der Waals surface area contributed by atoms with Crippen LogP contribution in [0.2, 0.25) is 0 Å². The fraction of sp³-hybridized carbons (Fsp3) is 0.231. The lowest BCUT2D eigenvalue weighted by atomic mass is 10.1. The summed E-state index contributed by atoms with van der Waals surface area (Å²) < 4.78 is 15.9. The number of likely N-dealkylation sites (tertiary alicyclic amines) is 1. The van der Waals surface area contributed by atoms with E-state index in [4.69, 9.17) is 4.98 Å². The van der Waals surface area contributed by atoms with Crippen LogP contribution in [0.1, 0.15) is 46.2 Å². The average molecular weight is 442 g/mol. The fourth-order valence-electron chi connectivity index (χ4n) is 4.36. The van der Waals surface area contributed by atoms with E-state index in [0.717, 1.165) is 35.6 Å². The van der Waals surface area contributed by atoms with E-state index in [1.165, 1.54) is 6.07 Å². The molecule has 6 nitrogen and oxygen atoms in total. The maximum atomic E-state index is 13.9. The highest BCUT2D eigenvalue weighted by molar-refractivity contribution is 5.94. The minimum Gasteiger partial charge on any atom is -0.332 e. The van der Waals surface area contributed by atoms with Crippen LogP contribution in [0.25, 0.3) is 11.4 Å². The molecule has 1 aliphatic rings. The summed E-state index contributed by atoms with van der Waals surface area (Å²) in [6, 6.07) is 16.1. The smallest absolute Gasteiger partial charge is 0.255 e. The number of carbonyl (C=O) groups excluding carboxylic acids is 1. The summed E-state index contributed by atoms with van der Waals surface area (Å²) in [6.07, 6.45) is 7.31. The maximum Gasteiger partial charge on any atom is 0.255 e. The van der Waals surface area contributed by atoms with Crippen molar-refractivity contribution in [3.05, 3.63) is 102 Å². The molecule has 7 heteroatoms. The third-order valence-corrected chi connectivity index (χ3v) is 6.11. The predicted molar refractivity (Wildman–Crippen MR) is 123 cm³/mol.